The van der Waals surface area contributed by atoms with Crippen LogP contribution >= 0.6 is 0 Å². The lowest BCUT2D eigenvalue weighted by molar-refractivity contribution is -0.126. The van der Waals surface area contributed by atoms with E-state index in [-0.39, 0.29) is 35.4 Å². The Balaban J connectivity index is 1.42. The molecule has 2 amide bonds. The number of benzene rings is 2. The molecule has 206 valence electrons. The molecule has 1 N–H and O–H groups in total. The smallest absolute Gasteiger partial charge is 0.410 e. The Morgan fingerprint density at radius 1 is 0.947 bits per heavy atom. The molecule has 38 heavy (non-hydrogen) atoms. The van der Waals surface area contributed by atoms with Crippen LogP contribution < -0.4 is 5.32 Å². The van der Waals surface area contributed by atoms with Crippen molar-refractivity contribution in [1.82, 2.24) is 14.5 Å². The third kappa shape index (κ3) is 6.94. The normalized spacial score (nSPS) is 23.0. The molecule has 8 nitrogen and oxygen atoms in total. The number of hydrogen-bond donors (Lipinski definition) is 1. The van der Waals surface area contributed by atoms with Gasteiger partial charge in [0, 0.05) is 26.2 Å². The lowest BCUT2D eigenvalue weighted by Crippen LogP contribution is -2.49. The van der Waals surface area contributed by atoms with Gasteiger partial charge in [0.25, 0.3) is 0 Å². The van der Waals surface area contributed by atoms with E-state index in [1.807, 2.05) is 51.1 Å². The van der Waals surface area contributed by atoms with Crippen molar-refractivity contribution in [2.75, 3.05) is 26.2 Å². The van der Waals surface area contributed by atoms with Gasteiger partial charge in [0.2, 0.25) is 15.9 Å². The van der Waals surface area contributed by atoms with Gasteiger partial charge in [-0.1, -0.05) is 48.5 Å². The van der Waals surface area contributed by atoms with Gasteiger partial charge in [-0.2, -0.15) is 4.31 Å². The van der Waals surface area contributed by atoms with Gasteiger partial charge < -0.3 is 15.0 Å². The van der Waals surface area contributed by atoms with Gasteiger partial charge in [-0.05, 0) is 70.1 Å². The molecule has 2 aromatic carbocycles. The number of nitrogens with one attached hydrogen (secondary N) is 1. The topological polar surface area (TPSA) is 96.0 Å². The first-order chi connectivity index (χ1) is 18.0. The summed E-state index contributed by atoms with van der Waals surface area (Å²) >= 11 is 0. The number of nitrogens with zero attached hydrogens (tertiary/aromatic N) is 2. The summed E-state index contributed by atoms with van der Waals surface area (Å²) in [4.78, 5) is 27.7. The number of amides is 2. The van der Waals surface area contributed by atoms with Gasteiger partial charge in [0.05, 0.1) is 16.9 Å². The summed E-state index contributed by atoms with van der Waals surface area (Å²) in [6, 6.07) is 17.7. The summed E-state index contributed by atoms with van der Waals surface area (Å²) in [6.07, 6.45) is 2.60. The summed E-state index contributed by atoms with van der Waals surface area (Å²) in [5, 5.41) is 3.06. The molecule has 4 rings (SSSR count). The maximum Gasteiger partial charge on any atom is 0.410 e. The monoisotopic (exact) mass is 541 g/mol. The molecule has 2 aliphatic heterocycles. The maximum atomic E-state index is 13.7. The molecule has 0 saturated carbocycles. The van der Waals surface area contributed by atoms with Crippen molar-refractivity contribution in [2.24, 2.45) is 11.8 Å². The number of hydrogen-bond acceptors (Lipinski definition) is 5. The minimum absolute atomic E-state index is 0.122. The average molecular weight is 542 g/mol. The molecule has 0 bridgehead atoms. The van der Waals surface area contributed by atoms with Crippen LogP contribution in [0.2, 0.25) is 0 Å². The molecular formula is C29H39N3O5S. The summed E-state index contributed by atoms with van der Waals surface area (Å²) in [6.45, 7) is 7.29. The van der Waals surface area contributed by atoms with Gasteiger partial charge in [-0.15, -0.1) is 0 Å². The highest BCUT2D eigenvalue weighted by molar-refractivity contribution is 7.89. The van der Waals surface area contributed by atoms with Crippen LogP contribution in [-0.2, 0) is 19.6 Å². The number of sulfonamides is 1. The Hall–Kier alpha value is -2.91. The molecular weight excluding hydrogens is 502 g/mol. The first kappa shape index (κ1) is 28.1. The van der Waals surface area contributed by atoms with E-state index in [2.05, 4.69) is 5.32 Å². The molecule has 2 fully saturated rings. The Morgan fingerprint density at radius 3 is 2.26 bits per heavy atom. The quantitative estimate of drug-likeness (QED) is 0.577. The number of likely N-dealkylation sites (tertiary alicyclic amines) is 1. The highest BCUT2D eigenvalue weighted by Gasteiger charge is 2.40. The van der Waals surface area contributed by atoms with E-state index in [4.69, 9.17) is 4.74 Å². The second-order valence-electron chi connectivity index (χ2n) is 11.3. The number of rotatable bonds is 6. The first-order valence-corrected chi connectivity index (χ1v) is 14.9. The van der Waals surface area contributed by atoms with E-state index in [0.29, 0.717) is 32.5 Å². The second kappa shape index (κ2) is 11.9. The standard InChI is InChI=1S/C29H39N3O5S/c1-29(2,3)37-28(34)31-18-10-11-22(20-31)19-30-27(33)24-16-17-26(23-12-6-4-7-13-23)32(21-24)38(35,36)25-14-8-5-9-15-25/h4-9,12-15,22,24,26H,10-11,16-21H2,1-3H3,(H,30,33)/t22-,24?,26?/m1/s1. The van der Waals surface area contributed by atoms with Crippen LogP contribution in [-0.4, -0.2) is 61.4 Å². The minimum atomic E-state index is -3.80. The highest BCUT2D eigenvalue weighted by Crippen LogP contribution is 2.37. The van der Waals surface area contributed by atoms with E-state index >= 15 is 0 Å². The van der Waals surface area contributed by atoms with Crippen molar-refractivity contribution in [1.29, 1.82) is 0 Å². The maximum absolute atomic E-state index is 13.7. The lowest BCUT2D eigenvalue weighted by Gasteiger charge is -2.39. The fourth-order valence-corrected chi connectivity index (χ4v) is 6.98. The zero-order chi connectivity index (χ0) is 27.3. The molecule has 0 spiro atoms. The molecule has 2 aliphatic rings. The summed E-state index contributed by atoms with van der Waals surface area (Å²) in [7, 11) is -3.80. The summed E-state index contributed by atoms with van der Waals surface area (Å²) in [5.41, 5.74) is 0.373. The number of ether oxygens (including phenoxy) is 1. The lowest BCUT2D eigenvalue weighted by atomic mass is 9.90. The van der Waals surface area contributed by atoms with Gasteiger partial charge in [-0.25, -0.2) is 13.2 Å². The Morgan fingerprint density at radius 2 is 1.61 bits per heavy atom. The van der Waals surface area contributed by atoms with Crippen molar-refractivity contribution in [3.05, 3.63) is 66.2 Å². The molecule has 2 heterocycles. The van der Waals surface area contributed by atoms with E-state index in [1.165, 1.54) is 4.31 Å². The number of carbonyl (C=O) groups is 2. The fourth-order valence-electron chi connectivity index (χ4n) is 5.27. The second-order valence-corrected chi connectivity index (χ2v) is 13.2. The third-order valence-corrected chi connectivity index (χ3v) is 9.07. The zero-order valence-corrected chi connectivity index (χ0v) is 23.3. The van der Waals surface area contributed by atoms with Crippen LogP contribution in [0.25, 0.3) is 0 Å². The minimum Gasteiger partial charge on any atom is -0.444 e. The van der Waals surface area contributed by atoms with Crippen molar-refractivity contribution in [3.8, 4) is 0 Å². The van der Waals surface area contributed by atoms with Crippen LogP contribution in [0.15, 0.2) is 65.6 Å². The van der Waals surface area contributed by atoms with Crippen LogP contribution in [0, 0.1) is 11.8 Å². The molecule has 0 radical (unpaired) electrons. The van der Waals surface area contributed by atoms with E-state index in [0.717, 1.165) is 18.4 Å². The van der Waals surface area contributed by atoms with Crippen LogP contribution in [0.5, 0.6) is 0 Å². The Kier molecular flexibility index (Phi) is 8.78. The van der Waals surface area contributed by atoms with Crippen LogP contribution in [0.3, 0.4) is 0 Å². The third-order valence-electron chi connectivity index (χ3n) is 7.18. The summed E-state index contributed by atoms with van der Waals surface area (Å²) in [5.74, 6) is -0.455. The highest BCUT2D eigenvalue weighted by atomic mass is 32.2. The molecule has 3 atom stereocenters. The predicted octanol–water partition coefficient (Wildman–Crippen LogP) is 4.59. The van der Waals surface area contributed by atoms with E-state index in [9.17, 15) is 18.0 Å². The largest absolute Gasteiger partial charge is 0.444 e. The fraction of sp³-hybridized carbons (Fsp3) is 0.517. The molecule has 2 aromatic rings. The van der Waals surface area contributed by atoms with Gasteiger partial charge in [0.1, 0.15) is 5.60 Å². The van der Waals surface area contributed by atoms with Crippen LogP contribution in [0.4, 0.5) is 4.79 Å². The average Bonchev–Trinajstić information content (AvgIpc) is 2.91. The molecule has 2 unspecified atom stereocenters. The van der Waals surface area contributed by atoms with Crippen LogP contribution in [0.1, 0.15) is 58.1 Å². The SMILES string of the molecule is CC(C)(C)OC(=O)N1CCC[C@H](CNC(=O)C2CCC(c3ccccc3)N(S(=O)(=O)c3ccccc3)C2)C1. The molecule has 0 aromatic heterocycles. The molecule has 9 heteroatoms. The van der Waals surface area contributed by atoms with Gasteiger partial charge >= 0.3 is 6.09 Å². The van der Waals surface area contributed by atoms with Gasteiger partial charge in [0.15, 0.2) is 0 Å². The number of piperidine rings is 2. The molecule has 0 aliphatic carbocycles. The van der Waals surface area contributed by atoms with Crippen molar-refractivity contribution >= 4 is 22.0 Å². The Bertz CT molecular complexity index is 1200. The zero-order valence-electron chi connectivity index (χ0n) is 22.5. The number of carbonyl (C=O) groups excluding carboxylic acids is 2. The predicted molar refractivity (Wildman–Crippen MR) is 146 cm³/mol. The molecule has 2 saturated heterocycles. The van der Waals surface area contributed by atoms with Gasteiger partial charge in [-0.3, -0.25) is 4.79 Å². The van der Waals surface area contributed by atoms with Crippen molar-refractivity contribution in [2.45, 2.75) is 63.0 Å². The first-order valence-electron chi connectivity index (χ1n) is 13.4. The van der Waals surface area contributed by atoms with Crippen molar-refractivity contribution < 1.29 is 22.7 Å². The van der Waals surface area contributed by atoms with Crippen molar-refractivity contribution in [3.63, 3.8) is 0 Å². The van der Waals surface area contributed by atoms with E-state index < -0.39 is 21.5 Å². The van der Waals surface area contributed by atoms with E-state index in [1.54, 1.807) is 35.2 Å². The Labute approximate surface area is 226 Å². The summed E-state index contributed by atoms with van der Waals surface area (Å²) < 4.78 is 34.4.